The molecule has 2 aromatic rings. The van der Waals surface area contributed by atoms with Gasteiger partial charge in [0, 0.05) is 16.1 Å². The Kier molecular flexibility index (Phi) is 3.69. The Balaban J connectivity index is 1.96. The summed E-state index contributed by atoms with van der Waals surface area (Å²) in [6.45, 7) is 1.51. The molecule has 0 unspecified atom stereocenters. The van der Waals surface area contributed by atoms with Crippen molar-refractivity contribution in [3.05, 3.63) is 81.4 Å². The number of nitro groups is 1. The zero-order chi connectivity index (χ0) is 19.3. The van der Waals surface area contributed by atoms with Gasteiger partial charge in [-0.25, -0.2) is 0 Å². The highest BCUT2D eigenvalue weighted by Crippen LogP contribution is 2.47. The van der Waals surface area contributed by atoms with Crippen LogP contribution in [0.1, 0.15) is 39.1 Å². The zero-order valence-electron chi connectivity index (χ0n) is 14.3. The maximum absolute atomic E-state index is 13.1. The molecule has 7 heteroatoms. The van der Waals surface area contributed by atoms with Crippen molar-refractivity contribution in [2.45, 2.75) is 24.5 Å². The first-order valence-electron chi connectivity index (χ1n) is 8.49. The Labute approximate surface area is 154 Å². The fourth-order valence-corrected chi connectivity index (χ4v) is 4.15. The van der Waals surface area contributed by atoms with Crippen molar-refractivity contribution in [2.24, 2.45) is 5.92 Å². The third-order valence-electron chi connectivity index (χ3n) is 5.43. The van der Waals surface area contributed by atoms with E-state index in [0.29, 0.717) is 5.56 Å². The summed E-state index contributed by atoms with van der Waals surface area (Å²) in [5.41, 5.74) is -1.86. The number of benzene rings is 2. The highest BCUT2D eigenvalue weighted by atomic mass is 16.6. The summed E-state index contributed by atoms with van der Waals surface area (Å²) in [7, 11) is 0. The number of fused-ring (bicyclic) bond motifs is 1. The summed E-state index contributed by atoms with van der Waals surface area (Å²) in [6, 6.07) is 12.7. The van der Waals surface area contributed by atoms with Crippen LogP contribution in [-0.4, -0.2) is 34.1 Å². The molecule has 3 atom stereocenters. The Hall–Kier alpha value is -3.35. The van der Waals surface area contributed by atoms with Crippen LogP contribution in [0.15, 0.2) is 54.6 Å². The zero-order valence-corrected chi connectivity index (χ0v) is 14.3. The lowest BCUT2D eigenvalue weighted by Gasteiger charge is -2.40. The maximum Gasteiger partial charge on any atom is 0.311 e. The predicted octanol–water partition coefficient (Wildman–Crippen LogP) is 2.43. The minimum atomic E-state index is -2.46. The molecule has 2 aliphatic rings. The van der Waals surface area contributed by atoms with E-state index in [1.54, 1.807) is 42.5 Å². The van der Waals surface area contributed by atoms with Crippen LogP contribution in [0.3, 0.4) is 0 Å². The molecule has 1 saturated heterocycles. The second-order valence-corrected chi connectivity index (χ2v) is 6.82. The number of esters is 1. The number of hydrogen-bond donors (Lipinski definition) is 0. The first-order chi connectivity index (χ1) is 12.9. The lowest BCUT2D eigenvalue weighted by Crippen LogP contribution is -2.65. The summed E-state index contributed by atoms with van der Waals surface area (Å²) in [4.78, 5) is 50.3. The van der Waals surface area contributed by atoms with Gasteiger partial charge in [0.05, 0.1) is 11.8 Å². The molecule has 2 aromatic carbocycles. The summed E-state index contributed by atoms with van der Waals surface area (Å²) >= 11 is 0. The first kappa shape index (κ1) is 17.1. The van der Waals surface area contributed by atoms with E-state index in [0.717, 1.165) is 0 Å². The number of rotatable bonds is 2. The van der Waals surface area contributed by atoms with Gasteiger partial charge in [0.1, 0.15) is 0 Å². The van der Waals surface area contributed by atoms with Crippen LogP contribution in [0.25, 0.3) is 0 Å². The fraction of sp³-hybridized carbons (Fsp3) is 0.250. The average molecular weight is 365 g/mol. The van der Waals surface area contributed by atoms with Gasteiger partial charge >= 0.3 is 11.6 Å². The number of Topliss-reactive ketones (excluding diaryl/α,β-unsaturated/α-hetero) is 2. The lowest BCUT2D eigenvalue weighted by molar-refractivity contribution is -0.544. The van der Waals surface area contributed by atoms with Crippen molar-refractivity contribution >= 4 is 17.5 Å². The van der Waals surface area contributed by atoms with Gasteiger partial charge in [-0.1, -0.05) is 61.5 Å². The number of nitrogens with zero attached hydrogens (tertiary/aromatic N) is 1. The van der Waals surface area contributed by atoms with E-state index in [1.165, 1.54) is 19.1 Å². The van der Waals surface area contributed by atoms with Gasteiger partial charge in [0.25, 0.3) is 6.04 Å². The molecule has 4 rings (SSSR count). The summed E-state index contributed by atoms with van der Waals surface area (Å²) < 4.78 is 5.30. The highest BCUT2D eigenvalue weighted by molar-refractivity contribution is 6.33. The molecule has 1 aliphatic heterocycles. The van der Waals surface area contributed by atoms with Gasteiger partial charge in [-0.15, -0.1) is 0 Å². The minimum Gasteiger partial charge on any atom is -0.434 e. The van der Waals surface area contributed by atoms with Gasteiger partial charge in [0.15, 0.2) is 0 Å². The van der Waals surface area contributed by atoms with Crippen molar-refractivity contribution in [3.63, 3.8) is 0 Å². The second-order valence-electron chi connectivity index (χ2n) is 6.82. The molecule has 7 nitrogen and oxygen atoms in total. The van der Waals surface area contributed by atoms with E-state index in [2.05, 4.69) is 0 Å². The molecule has 136 valence electrons. The fourth-order valence-electron chi connectivity index (χ4n) is 4.15. The van der Waals surface area contributed by atoms with Crippen molar-refractivity contribution in [1.29, 1.82) is 0 Å². The average Bonchev–Trinajstić information content (AvgIpc) is 2.87. The van der Waals surface area contributed by atoms with Crippen LogP contribution in [0, 0.1) is 16.0 Å². The Bertz CT molecular complexity index is 948. The molecule has 0 aromatic heterocycles. The smallest absolute Gasteiger partial charge is 0.311 e. The lowest BCUT2D eigenvalue weighted by atomic mass is 9.70. The van der Waals surface area contributed by atoms with Crippen LogP contribution >= 0.6 is 0 Å². The SMILES string of the molecule is C[C@H]1C(=O)OC2(C(=O)c3ccccc3C2=O)[C@@H]([N+](=O)[O-])[C@@H]1c1ccccc1. The second kappa shape index (κ2) is 5.84. The highest BCUT2D eigenvalue weighted by Gasteiger charge is 2.72. The van der Waals surface area contributed by atoms with E-state index in [4.69, 9.17) is 4.74 Å². The van der Waals surface area contributed by atoms with Crippen molar-refractivity contribution in [2.75, 3.05) is 0 Å². The molecule has 27 heavy (non-hydrogen) atoms. The van der Waals surface area contributed by atoms with Crippen LogP contribution < -0.4 is 0 Å². The largest absolute Gasteiger partial charge is 0.434 e. The van der Waals surface area contributed by atoms with E-state index in [9.17, 15) is 24.5 Å². The maximum atomic E-state index is 13.1. The molecular weight excluding hydrogens is 350 g/mol. The quantitative estimate of drug-likeness (QED) is 0.350. The molecule has 0 N–H and O–H groups in total. The van der Waals surface area contributed by atoms with Crippen LogP contribution in [-0.2, 0) is 9.53 Å². The summed E-state index contributed by atoms with van der Waals surface area (Å²) in [5.74, 6) is -4.30. The van der Waals surface area contributed by atoms with E-state index in [1.807, 2.05) is 0 Å². The van der Waals surface area contributed by atoms with Crippen LogP contribution in [0.4, 0.5) is 0 Å². The Morgan fingerprint density at radius 3 is 1.96 bits per heavy atom. The molecule has 0 radical (unpaired) electrons. The van der Waals surface area contributed by atoms with Gasteiger partial charge in [-0.3, -0.25) is 24.5 Å². The van der Waals surface area contributed by atoms with Crippen molar-refractivity contribution in [1.82, 2.24) is 0 Å². The summed E-state index contributed by atoms with van der Waals surface area (Å²) in [6.07, 6.45) is 0. The molecule has 1 heterocycles. The monoisotopic (exact) mass is 365 g/mol. The Morgan fingerprint density at radius 1 is 0.926 bits per heavy atom. The number of hydrogen-bond acceptors (Lipinski definition) is 6. The Morgan fingerprint density at radius 2 is 1.44 bits per heavy atom. The first-order valence-corrected chi connectivity index (χ1v) is 8.49. The third-order valence-corrected chi connectivity index (χ3v) is 5.43. The normalized spacial score (nSPS) is 26.0. The van der Waals surface area contributed by atoms with Gasteiger partial charge in [-0.2, -0.15) is 0 Å². The number of carbonyl (C=O) groups excluding carboxylic acids is 3. The van der Waals surface area contributed by atoms with Crippen LogP contribution in [0.5, 0.6) is 0 Å². The molecule has 1 fully saturated rings. The van der Waals surface area contributed by atoms with E-state index in [-0.39, 0.29) is 11.1 Å². The topological polar surface area (TPSA) is 104 Å². The molecule has 0 amide bonds. The van der Waals surface area contributed by atoms with Crippen LogP contribution in [0.2, 0.25) is 0 Å². The van der Waals surface area contributed by atoms with Crippen molar-refractivity contribution in [3.8, 4) is 0 Å². The molecule has 1 spiro atoms. The van der Waals surface area contributed by atoms with E-state index >= 15 is 0 Å². The number of carbonyl (C=O) groups is 3. The standard InChI is InChI=1S/C20H15NO6/c1-11-15(12-7-3-2-4-8-12)16(21(25)26)20(27-19(11)24)17(22)13-9-5-6-10-14(13)18(20)23/h2-11,15-16H,1H3/t11-,15+,16+/m1/s1. The van der Waals surface area contributed by atoms with Crippen molar-refractivity contribution < 1.29 is 24.0 Å². The summed E-state index contributed by atoms with van der Waals surface area (Å²) in [5, 5.41) is 12.1. The molecule has 1 aliphatic carbocycles. The number of ketones is 2. The van der Waals surface area contributed by atoms with Gasteiger partial charge in [-0.05, 0) is 5.56 Å². The minimum absolute atomic E-state index is 0.0449. The molecule has 0 saturated carbocycles. The predicted molar refractivity (Wildman–Crippen MR) is 93.1 cm³/mol. The van der Waals surface area contributed by atoms with Gasteiger partial charge < -0.3 is 4.74 Å². The molecular formula is C20H15NO6. The number of ether oxygens (including phenoxy) is 1. The van der Waals surface area contributed by atoms with E-state index < -0.39 is 45.9 Å². The van der Waals surface area contributed by atoms with Gasteiger partial charge in [0.2, 0.25) is 11.6 Å². The third kappa shape index (κ3) is 2.17. The molecule has 0 bridgehead atoms.